The number of nitrogens with zero attached hydrogens (tertiary/aromatic N) is 1. The van der Waals surface area contributed by atoms with Crippen molar-refractivity contribution in [2.75, 3.05) is 39.9 Å². The summed E-state index contributed by atoms with van der Waals surface area (Å²) < 4.78 is 5.46. The van der Waals surface area contributed by atoms with E-state index in [1.807, 2.05) is 0 Å². The largest absolute Gasteiger partial charge is 0.381 e. The summed E-state index contributed by atoms with van der Waals surface area (Å²) in [5, 5.41) is 3.47. The molecule has 2 aliphatic heterocycles. The third-order valence-corrected chi connectivity index (χ3v) is 4.25. The fraction of sp³-hybridized carbons (Fsp3) is 1.00. The smallest absolute Gasteiger partial charge is 0.0507 e. The Morgan fingerprint density at radius 2 is 2.25 bits per heavy atom. The van der Waals surface area contributed by atoms with Gasteiger partial charge in [0.2, 0.25) is 0 Å². The van der Waals surface area contributed by atoms with Gasteiger partial charge in [0.15, 0.2) is 0 Å². The number of ether oxygens (including phenoxy) is 1. The van der Waals surface area contributed by atoms with Crippen LogP contribution in [0.5, 0.6) is 0 Å². The number of rotatable bonds is 4. The highest BCUT2D eigenvalue weighted by molar-refractivity contribution is 4.84. The third-order valence-electron chi connectivity index (χ3n) is 4.25. The Labute approximate surface area is 99.5 Å². The molecule has 3 nitrogen and oxygen atoms in total. The predicted molar refractivity (Wildman–Crippen MR) is 66.6 cm³/mol. The number of hydrogen-bond donors (Lipinski definition) is 1. The number of likely N-dealkylation sites (tertiary alicyclic amines) is 1. The van der Waals surface area contributed by atoms with E-state index in [4.69, 9.17) is 4.74 Å². The zero-order valence-corrected chi connectivity index (χ0v) is 10.7. The van der Waals surface area contributed by atoms with E-state index in [2.05, 4.69) is 24.2 Å². The first kappa shape index (κ1) is 12.3. The van der Waals surface area contributed by atoms with E-state index in [0.717, 1.165) is 31.1 Å². The molecule has 0 aromatic carbocycles. The minimum atomic E-state index is 0.737. The van der Waals surface area contributed by atoms with E-state index in [-0.39, 0.29) is 0 Å². The molecule has 0 bridgehead atoms. The lowest BCUT2D eigenvalue weighted by molar-refractivity contribution is 0.113. The van der Waals surface area contributed by atoms with Gasteiger partial charge in [0.05, 0.1) is 6.61 Å². The van der Waals surface area contributed by atoms with Crippen LogP contribution >= 0.6 is 0 Å². The second kappa shape index (κ2) is 5.99. The lowest BCUT2D eigenvalue weighted by Crippen LogP contribution is -2.49. The summed E-state index contributed by atoms with van der Waals surface area (Å²) in [6, 6.07) is 0.737. The second-order valence-electron chi connectivity index (χ2n) is 5.34. The Morgan fingerprint density at radius 3 is 2.88 bits per heavy atom. The van der Waals surface area contributed by atoms with E-state index >= 15 is 0 Å². The van der Waals surface area contributed by atoms with Crippen LogP contribution in [0.3, 0.4) is 0 Å². The van der Waals surface area contributed by atoms with Crippen molar-refractivity contribution in [3.63, 3.8) is 0 Å². The lowest BCUT2D eigenvalue weighted by atomic mass is 9.89. The van der Waals surface area contributed by atoms with Gasteiger partial charge in [-0.2, -0.15) is 0 Å². The molecular weight excluding hydrogens is 200 g/mol. The summed E-state index contributed by atoms with van der Waals surface area (Å²) in [5.74, 6) is 1.63. The molecule has 2 heterocycles. The van der Waals surface area contributed by atoms with Crippen LogP contribution in [-0.2, 0) is 4.74 Å². The van der Waals surface area contributed by atoms with E-state index in [0.29, 0.717) is 0 Å². The standard InChI is InChI=1S/C13H26N2O/c1-3-12-9-15(6-4-13(12)14-2)8-11-5-7-16-10-11/h11-14H,3-10H2,1-2H3. The van der Waals surface area contributed by atoms with Crippen LogP contribution in [-0.4, -0.2) is 50.8 Å². The van der Waals surface area contributed by atoms with Crippen LogP contribution in [0.2, 0.25) is 0 Å². The van der Waals surface area contributed by atoms with Crippen molar-refractivity contribution in [1.82, 2.24) is 10.2 Å². The maximum absolute atomic E-state index is 5.46. The van der Waals surface area contributed by atoms with Gasteiger partial charge in [0, 0.05) is 25.7 Å². The summed E-state index contributed by atoms with van der Waals surface area (Å²) in [6.45, 7) is 8.08. The number of nitrogens with one attached hydrogen (secondary N) is 1. The van der Waals surface area contributed by atoms with Gasteiger partial charge in [0.25, 0.3) is 0 Å². The van der Waals surface area contributed by atoms with Crippen LogP contribution in [0.4, 0.5) is 0 Å². The normalized spacial score (nSPS) is 36.8. The molecule has 16 heavy (non-hydrogen) atoms. The Hall–Kier alpha value is -0.120. The molecule has 94 valence electrons. The molecule has 0 saturated carbocycles. The van der Waals surface area contributed by atoms with Crippen LogP contribution < -0.4 is 5.32 Å². The van der Waals surface area contributed by atoms with E-state index in [1.54, 1.807) is 0 Å². The molecule has 0 aromatic rings. The first-order valence-corrected chi connectivity index (χ1v) is 6.80. The highest BCUT2D eigenvalue weighted by Gasteiger charge is 2.28. The summed E-state index contributed by atoms with van der Waals surface area (Å²) in [5.41, 5.74) is 0. The Kier molecular flexibility index (Phi) is 4.62. The van der Waals surface area contributed by atoms with Crippen LogP contribution in [0.25, 0.3) is 0 Å². The summed E-state index contributed by atoms with van der Waals surface area (Å²) in [6.07, 6.45) is 3.87. The minimum Gasteiger partial charge on any atom is -0.381 e. The fourth-order valence-electron chi connectivity index (χ4n) is 3.16. The third kappa shape index (κ3) is 2.96. The maximum Gasteiger partial charge on any atom is 0.0507 e. The van der Waals surface area contributed by atoms with Gasteiger partial charge >= 0.3 is 0 Å². The predicted octanol–water partition coefficient (Wildman–Crippen LogP) is 1.34. The molecule has 2 aliphatic rings. The van der Waals surface area contributed by atoms with Crippen molar-refractivity contribution in [3.8, 4) is 0 Å². The van der Waals surface area contributed by atoms with Gasteiger partial charge in [-0.25, -0.2) is 0 Å². The Balaban J connectivity index is 1.79. The van der Waals surface area contributed by atoms with Gasteiger partial charge in [-0.1, -0.05) is 13.3 Å². The second-order valence-corrected chi connectivity index (χ2v) is 5.34. The van der Waals surface area contributed by atoms with Crippen molar-refractivity contribution in [2.45, 2.75) is 32.2 Å². The van der Waals surface area contributed by atoms with E-state index < -0.39 is 0 Å². The summed E-state index contributed by atoms with van der Waals surface area (Å²) in [4.78, 5) is 2.65. The van der Waals surface area contributed by atoms with Crippen LogP contribution in [0, 0.1) is 11.8 Å². The quantitative estimate of drug-likeness (QED) is 0.783. The summed E-state index contributed by atoms with van der Waals surface area (Å²) >= 11 is 0. The molecule has 2 fully saturated rings. The fourth-order valence-corrected chi connectivity index (χ4v) is 3.16. The van der Waals surface area contributed by atoms with E-state index in [1.165, 1.54) is 38.9 Å². The molecule has 0 aliphatic carbocycles. The topological polar surface area (TPSA) is 24.5 Å². The molecule has 1 N–H and O–H groups in total. The van der Waals surface area contributed by atoms with Gasteiger partial charge in [0.1, 0.15) is 0 Å². The van der Waals surface area contributed by atoms with Crippen molar-refractivity contribution < 1.29 is 4.74 Å². The van der Waals surface area contributed by atoms with Gasteiger partial charge in [-0.05, 0) is 38.3 Å². The molecular formula is C13H26N2O. The molecule has 2 saturated heterocycles. The number of piperidine rings is 1. The SMILES string of the molecule is CCC1CN(CC2CCOC2)CCC1NC. The lowest BCUT2D eigenvalue weighted by Gasteiger charge is -2.39. The Morgan fingerprint density at radius 1 is 1.38 bits per heavy atom. The van der Waals surface area contributed by atoms with Crippen molar-refractivity contribution in [1.29, 1.82) is 0 Å². The average Bonchev–Trinajstić information content (AvgIpc) is 2.81. The van der Waals surface area contributed by atoms with Crippen LogP contribution in [0.15, 0.2) is 0 Å². The maximum atomic E-state index is 5.46. The van der Waals surface area contributed by atoms with Crippen LogP contribution in [0.1, 0.15) is 26.2 Å². The highest BCUT2D eigenvalue weighted by atomic mass is 16.5. The van der Waals surface area contributed by atoms with Gasteiger partial charge in [-0.3, -0.25) is 0 Å². The van der Waals surface area contributed by atoms with Crippen molar-refractivity contribution in [3.05, 3.63) is 0 Å². The van der Waals surface area contributed by atoms with Crippen molar-refractivity contribution >= 4 is 0 Å². The average molecular weight is 226 g/mol. The zero-order valence-electron chi connectivity index (χ0n) is 10.7. The Bertz CT molecular complexity index is 204. The first-order chi connectivity index (χ1) is 7.83. The first-order valence-electron chi connectivity index (χ1n) is 6.80. The van der Waals surface area contributed by atoms with Gasteiger partial charge < -0.3 is 15.0 Å². The summed E-state index contributed by atoms with van der Waals surface area (Å²) in [7, 11) is 2.10. The molecule has 2 rings (SSSR count). The molecule has 0 aromatic heterocycles. The molecule has 0 amide bonds. The monoisotopic (exact) mass is 226 g/mol. The minimum absolute atomic E-state index is 0.737. The highest BCUT2D eigenvalue weighted by Crippen LogP contribution is 2.22. The molecule has 3 unspecified atom stereocenters. The van der Waals surface area contributed by atoms with Crippen molar-refractivity contribution in [2.24, 2.45) is 11.8 Å². The van der Waals surface area contributed by atoms with Gasteiger partial charge in [-0.15, -0.1) is 0 Å². The number of hydrogen-bond acceptors (Lipinski definition) is 3. The molecule has 0 spiro atoms. The van der Waals surface area contributed by atoms with E-state index in [9.17, 15) is 0 Å². The molecule has 0 radical (unpaired) electrons. The molecule has 3 heteroatoms. The zero-order chi connectivity index (χ0) is 11.4. The molecule has 3 atom stereocenters.